The van der Waals surface area contributed by atoms with Crippen LogP contribution in [0.2, 0.25) is 0 Å². The van der Waals surface area contributed by atoms with Crippen molar-refractivity contribution in [1.82, 2.24) is 0 Å². The van der Waals surface area contributed by atoms with Crippen molar-refractivity contribution in [3.8, 4) is 16.9 Å². The second-order valence-electron chi connectivity index (χ2n) is 3.90. The Kier molecular flexibility index (Phi) is 4.00. The fraction of sp³-hybridized carbons (Fsp3) is 0.0667. The highest BCUT2D eigenvalue weighted by molar-refractivity contribution is 6.00. The predicted molar refractivity (Wildman–Crippen MR) is 71.9 cm³/mol. The first-order chi connectivity index (χ1) is 9.63. The van der Waals surface area contributed by atoms with E-state index < -0.39 is 12.1 Å². The SMILES string of the molecule is COC(=O)c1c(OC(=O)O)cccc1-c1ccccc1. The number of ether oxygens (including phenoxy) is 2. The molecule has 0 bridgehead atoms. The van der Waals surface area contributed by atoms with E-state index in [0.717, 1.165) is 5.56 Å². The van der Waals surface area contributed by atoms with Crippen LogP contribution >= 0.6 is 0 Å². The standard InChI is InChI=1S/C15H12O5/c1-19-14(16)13-11(10-6-3-2-4-7-10)8-5-9-12(13)20-15(17)18/h2-9H,1H3,(H,17,18). The van der Waals surface area contributed by atoms with Crippen LogP contribution in [0.1, 0.15) is 10.4 Å². The van der Waals surface area contributed by atoms with Gasteiger partial charge in [-0.3, -0.25) is 0 Å². The Morgan fingerprint density at radius 3 is 2.30 bits per heavy atom. The highest BCUT2D eigenvalue weighted by atomic mass is 16.7. The minimum absolute atomic E-state index is 0.0503. The van der Waals surface area contributed by atoms with Gasteiger partial charge in [0.25, 0.3) is 0 Å². The molecule has 0 unspecified atom stereocenters. The summed E-state index contributed by atoms with van der Waals surface area (Å²) < 4.78 is 9.36. The van der Waals surface area contributed by atoms with E-state index in [2.05, 4.69) is 4.74 Å². The molecule has 5 heteroatoms. The lowest BCUT2D eigenvalue weighted by atomic mass is 9.99. The Bertz CT molecular complexity index is 634. The van der Waals surface area contributed by atoms with E-state index in [-0.39, 0.29) is 11.3 Å². The third kappa shape index (κ3) is 2.77. The Morgan fingerprint density at radius 2 is 1.70 bits per heavy atom. The average molecular weight is 272 g/mol. The molecule has 0 aliphatic heterocycles. The first kappa shape index (κ1) is 13.6. The molecule has 0 atom stereocenters. The molecule has 5 nitrogen and oxygen atoms in total. The zero-order chi connectivity index (χ0) is 14.5. The molecule has 2 aromatic carbocycles. The Labute approximate surface area is 115 Å². The normalized spacial score (nSPS) is 9.85. The molecule has 0 fully saturated rings. The molecular formula is C15H12O5. The molecule has 0 aliphatic carbocycles. The van der Waals surface area contributed by atoms with Crippen LogP contribution in [-0.4, -0.2) is 24.3 Å². The van der Waals surface area contributed by atoms with E-state index in [4.69, 9.17) is 9.84 Å². The first-order valence-electron chi connectivity index (χ1n) is 5.81. The highest BCUT2D eigenvalue weighted by Crippen LogP contribution is 2.31. The van der Waals surface area contributed by atoms with Gasteiger partial charge in [-0.15, -0.1) is 0 Å². The molecule has 0 heterocycles. The lowest BCUT2D eigenvalue weighted by Crippen LogP contribution is -2.11. The number of hydrogen-bond acceptors (Lipinski definition) is 4. The first-order valence-corrected chi connectivity index (χ1v) is 5.81. The maximum absolute atomic E-state index is 11.9. The number of carbonyl (C=O) groups is 2. The van der Waals surface area contributed by atoms with Gasteiger partial charge < -0.3 is 14.6 Å². The van der Waals surface area contributed by atoms with Crippen molar-refractivity contribution in [2.75, 3.05) is 7.11 Å². The third-order valence-corrected chi connectivity index (χ3v) is 2.70. The predicted octanol–water partition coefficient (Wildman–Crippen LogP) is 3.20. The van der Waals surface area contributed by atoms with Gasteiger partial charge in [-0.1, -0.05) is 42.5 Å². The number of carbonyl (C=O) groups excluding carboxylic acids is 1. The van der Waals surface area contributed by atoms with Crippen LogP contribution < -0.4 is 4.74 Å². The van der Waals surface area contributed by atoms with Crippen LogP contribution in [0.4, 0.5) is 4.79 Å². The van der Waals surface area contributed by atoms with Gasteiger partial charge in [0.1, 0.15) is 11.3 Å². The van der Waals surface area contributed by atoms with Crippen molar-refractivity contribution in [3.05, 3.63) is 54.1 Å². The van der Waals surface area contributed by atoms with Crippen LogP contribution in [0.25, 0.3) is 11.1 Å². The summed E-state index contributed by atoms with van der Waals surface area (Å²) in [5, 5.41) is 8.73. The smallest absolute Gasteiger partial charge is 0.465 e. The second-order valence-corrected chi connectivity index (χ2v) is 3.90. The van der Waals surface area contributed by atoms with Gasteiger partial charge in [-0.2, -0.15) is 0 Å². The van der Waals surface area contributed by atoms with E-state index in [0.29, 0.717) is 5.56 Å². The Balaban J connectivity index is 2.62. The van der Waals surface area contributed by atoms with Crippen LogP contribution in [-0.2, 0) is 4.74 Å². The Hall–Kier alpha value is -2.82. The number of hydrogen-bond donors (Lipinski definition) is 1. The molecule has 0 radical (unpaired) electrons. The van der Waals surface area contributed by atoms with Gasteiger partial charge in [0.05, 0.1) is 7.11 Å². The van der Waals surface area contributed by atoms with Crippen LogP contribution in [0, 0.1) is 0 Å². The van der Waals surface area contributed by atoms with Crippen molar-refractivity contribution in [3.63, 3.8) is 0 Å². The Morgan fingerprint density at radius 1 is 1.00 bits per heavy atom. The summed E-state index contributed by atoms with van der Waals surface area (Å²) in [4.78, 5) is 22.6. The minimum Gasteiger partial charge on any atom is -0.465 e. The van der Waals surface area contributed by atoms with Crippen molar-refractivity contribution in [1.29, 1.82) is 0 Å². The topological polar surface area (TPSA) is 72.8 Å². The number of rotatable bonds is 3. The fourth-order valence-corrected chi connectivity index (χ4v) is 1.88. The molecule has 0 aromatic heterocycles. The molecular weight excluding hydrogens is 260 g/mol. The molecule has 0 saturated heterocycles. The van der Waals surface area contributed by atoms with Gasteiger partial charge in [0.15, 0.2) is 0 Å². The number of esters is 1. The summed E-state index contributed by atoms with van der Waals surface area (Å²) in [6.45, 7) is 0. The molecule has 2 rings (SSSR count). The summed E-state index contributed by atoms with van der Waals surface area (Å²) in [7, 11) is 1.23. The number of benzene rings is 2. The summed E-state index contributed by atoms with van der Waals surface area (Å²) >= 11 is 0. The second kappa shape index (κ2) is 5.88. The molecule has 2 aromatic rings. The zero-order valence-corrected chi connectivity index (χ0v) is 10.7. The molecule has 0 spiro atoms. The molecule has 0 aliphatic rings. The summed E-state index contributed by atoms with van der Waals surface area (Å²) in [6, 6.07) is 13.8. The van der Waals surface area contributed by atoms with E-state index in [1.165, 1.54) is 13.2 Å². The minimum atomic E-state index is -1.49. The van der Waals surface area contributed by atoms with Crippen molar-refractivity contribution >= 4 is 12.1 Å². The monoisotopic (exact) mass is 272 g/mol. The van der Waals surface area contributed by atoms with Gasteiger partial charge in [-0.25, -0.2) is 9.59 Å². The van der Waals surface area contributed by atoms with E-state index in [9.17, 15) is 9.59 Å². The number of methoxy groups -OCH3 is 1. The summed E-state index contributed by atoms with van der Waals surface area (Å²) in [6.07, 6.45) is -1.49. The van der Waals surface area contributed by atoms with Gasteiger partial charge >= 0.3 is 12.1 Å². The lowest BCUT2D eigenvalue weighted by molar-refractivity contribution is 0.0598. The third-order valence-electron chi connectivity index (χ3n) is 2.70. The molecule has 20 heavy (non-hydrogen) atoms. The number of carboxylic acid groups (broad SMARTS) is 1. The summed E-state index contributed by atoms with van der Waals surface area (Å²) in [5.74, 6) is -0.702. The maximum Gasteiger partial charge on any atom is 0.511 e. The molecule has 102 valence electrons. The van der Waals surface area contributed by atoms with Crippen molar-refractivity contribution in [2.24, 2.45) is 0 Å². The van der Waals surface area contributed by atoms with Crippen LogP contribution in [0.15, 0.2) is 48.5 Å². The molecule has 1 N–H and O–H groups in total. The van der Waals surface area contributed by atoms with Gasteiger partial charge in [0.2, 0.25) is 0 Å². The lowest BCUT2D eigenvalue weighted by Gasteiger charge is -2.12. The quantitative estimate of drug-likeness (QED) is 0.686. The van der Waals surface area contributed by atoms with E-state index >= 15 is 0 Å². The highest BCUT2D eigenvalue weighted by Gasteiger charge is 2.20. The van der Waals surface area contributed by atoms with E-state index in [1.54, 1.807) is 12.1 Å². The summed E-state index contributed by atoms with van der Waals surface area (Å²) in [5.41, 5.74) is 1.41. The molecule has 0 amide bonds. The van der Waals surface area contributed by atoms with Crippen LogP contribution in [0.5, 0.6) is 5.75 Å². The zero-order valence-electron chi connectivity index (χ0n) is 10.7. The largest absolute Gasteiger partial charge is 0.511 e. The average Bonchev–Trinajstić information content (AvgIpc) is 2.46. The van der Waals surface area contributed by atoms with Crippen molar-refractivity contribution in [2.45, 2.75) is 0 Å². The fourth-order valence-electron chi connectivity index (χ4n) is 1.88. The molecule has 0 saturated carbocycles. The maximum atomic E-state index is 11.9. The van der Waals surface area contributed by atoms with Gasteiger partial charge in [0, 0.05) is 0 Å². The van der Waals surface area contributed by atoms with Crippen molar-refractivity contribution < 1.29 is 24.2 Å². The van der Waals surface area contributed by atoms with E-state index in [1.807, 2.05) is 30.3 Å². The van der Waals surface area contributed by atoms with Crippen LogP contribution in [0.3, 0.4) is 0 Å². The van der Waals surface area contributed by atoms with Gasteiger partial charge in [-0.05, 0) is 17.2 Å².